The molecule has 1 amide bonds. The molecule has 0 aromatic carbocycles. The van der Waals surface area contributed by atoms with Crippen LogP contribution in [0.15, 0.2) is 0 Å². The zero-order valence-electron chi connectivity index (χ0n) is 13.9. The van der Waals surface area contributed by atoms with Gasteiger partial charge in [0, 0.05) is 24.8 Å². The zero-order valence-corrected chi connectivity index (χ0v) is 13.9. The average molecular weight is 295 g/mol. The van der Waals surface area contributed by atoms with Gasteiger partial charge in [-0.3, -0.25) is 9.58 Å². The average Bonchev–Trinajstić information content (AvgIpc) is 2.64. The zero-order chi connectivity index (χ0) is 16.4. The molecule has 0 saturated heterocycles. The molecule has 0 aliphatic heterocycles. The van der Waals surface area contributed by atoms with Crippen LogP contribution in [0.1, 0.15) is 50.7 Å². The molecular weight excluding hydrogens is 270 g/mol. The van der Waals surface area contributed by atoms with Gasteiger partial charge in [-0.1, -0.05) is 0 Å². The van der Waals surface area contributed by atoms with Gasteiger partial charge >= 0.3 is 6.09 Å². The van der Waals surface area contributed by atoms with E-state index in [-0.39, 0.29) is 0 Å². The Bertz CT molecular complexity index is 529. The van der Waals surface area contributed by atoms with Crippen molar-refractivity contribution in [3.8, 4) is 0 Å². The van der Waals surface area contributed by atoms with E-state index in [1.165, 1.54) is 4.90 Å². The van der Waals surface area contributed by atoms with Crippen LogP contribution in [0.3, 0.4) is 0 Å². The molecule has 0 radical (unpaired) electrons. The lowest BCUT2D eigenvalue weighted by Gasteiger charge is -2.28. The Hall–Kier alpha value is -1.85. The molecular formula is C15H25N3O3. The minimum atomic E-state index is -0.694. The van der Waals surface area contributed by atoms with Crippen LogP contribution in [-0.4, -0.2) is 39.7 Å². The first-order valence-corrected chi connectivity index (χ1v) is 7.07. The fourth-order valence-electron chi connectivity index (χ4n) is 2.25. The maximum Gasteiger partial charge on any atom is 0.410 e. The Kier molecular flexibility index (Phi) is 5.15. The second-order valence-electron chi connectivity index (χ2n) is 6.07. The third-order valence-corrected chi connectivity index (χ3v) is 3.26. The Morgan fingerprint density at radius 1 is 1.43 bits per heavy atom. The summed E-state index contributed by atoms with van der Waals surface area (Å²) in [7, 11) is 1.56. The van der Waals surface area contributed by atoms with E-state index < -0.39 is 17.7 Å². The maximum atomic E-state index is 12.1. The minimum absolute atomic E-state index is 0.525. The molecule has 1 atom stereocenters. The minimum Gasteiger partial charge on any atom is -0.444 e. The molecule has 1 aromatic heterocycles. The molecule has 1 heterocycles. The van der Waals surface area contributed by atoms with E-state index in [4.69, 9.17) is 4.74 Å². The predicted octanol–water partition coefficient (Wildman–Crippen LogP) is 2.63. The van der Waals surface area contributed by atoms with Crippen LogP contribution < -0.4 is 0 Å². The van der Waals surface area contributed by atoms with Crippen LogP contribution in [0.4, 0.5) is 4.79 Å². The fourth-order valence-corrected chi connectivity index (χ4v) is 2.25. The summed E-state index contributed by atoms with van der Waals surface area (Å²) in [4.78, 5) is 25.0. The van der Waals surface area contributed by atoms with E-state index in [0.717, 1.165) is 23.2 Å². The molecule has 0 spiro atoms. The van der Waals surface area contributed by atoms with Crippen molar-refractivity contribution in [2.45, 2.75) is 59.7 Å². The van der Waals surface area contributed by atoms with Crippen molar-refractivity contribution in [2.75, 3.05) is 7.05 Å². The molecule has 0 aliphatic carbocycles. The van der Waals surface area contributed by atoms with Gasteiger partial charge in [0.15, 0.2) is 0 Å². The first-order valence-electron chi connectivity index (χ1n) is 7.07. The molecule has 6 heteroatoms. The first kappa shape index (κ1) is 17.2. The highest BCUT2D eigenvalue weighted by Crippen LogP contribution is 2.26. The van der Waals surface area contributed by atoms with E-state index in [2.05, 4.69) is 5.10 Å². The summed E-state index contributed by atoms with van der Waals surface area (Å²) in [5.41, 5.74) is 1.81. The van der Waals surface area contributed by atoms with Crippen molar-refractivity contribution in [1.29, 1.82) is 0 Å². The van der Waals surface area contributed by atoms with Gasteiger partial charge < -0.3 is 9.53 Å². The van der Waals surface area contributed by atoms with E-state index in [9.17, 15) is 9.59 Å². The van der Waals surface area contributed by atoms with Gasteiger partial charge in [0.2, 0.25) is 0 Å². The second kappa shape index (κ2) is 6.28. The maximum absolute atomic E-state index is 12.1. The number of aromatic nitrogens is 2. The van der Waals surface area contributed by atoms with Gasteiger partial charge in [0.1, 0.15) is 17.9 Å². The Morgan fingerprint density at radius 2 is 2.00 bits per heavy atom. The fraction of sp³-hybridized carbons (Fsp3) is 0.667. The lowest BCUT2D eigenvalue weighted by molar-refractivity contribution is -0.112. The van der Waals surface area contributed by atoms with Gasteiger partial charge in [-0.05, 0) is 41.5 Å². The van der Waals surface area contributed by atoms with Crippen LogP contribution in [0.25, 0.3) is 0 Å². The highest BCUT2D eigenvalue weighted by atomic mass is 16.6. The summed E-state index contributed by atoms with van der Waals surface area (Å²) in [6.45, 7) is 11.8. The van der Waals surface area contributed by atoms with Gasteiger partial charge in [-0.25, -0.2) is 4.79 Å². The smallest absolute Gasteiger partial charge is 0.410 e. The van der Waals surface area contributed by atoms with Crippen molar-refractivity contribution in [3.05, 3.63) is 17.0 Å². The van der Waals surface area contributed by atoms with Crippen molar-refractivity contribution < 1.29 is 14.3 Å². The van der Waals surface area contributed by atoms with Gasteiger partial charge in [-0.2, -0.15) is 5.10 Å². The summed E-state index contributed by atoms with van der Waals surface area (Å²) in [5, 5.41) is 4.39. The number of rotatable bonds is 4. The van der Waals surface area contributed by atoms with Crippen LogP contribution in [0.2, 0.25) is 0 Å². The molecule has 6 nitrogen and oxygen atoms in total. The van der Waals surface area contributed by atoms with Crippen LogP contribution in [-0.2, 0) is 16.1 Å². The molecule has 118 valence electrons. The lowest BCUT2D eigenvalue weighted by atomic mass is 10.1. The molecule has 1 unspecified atom stereocenters. The molecule has 0 saturated carbocycles. The quantitative estimate of drug-likeness (QED) is 0.801. The number of aldehydes is 1. The Balaban J connectivity index is 3.11. The van der Waals surface area contributed by atoms with Crippen LogP contribution >= 0.6 is 0 Å². The lowest BCUT2D eigenvalue weighted by Crippen LogP contribution is -2.37. The Morgan fingerprint density at radius 3 is 2.38 bits per heavy atom. The van der Waals surface area contributed by atoms with E-state index in [1.807, 2.05) is 25.5 Å². The number of nitrogens with zero attached hydrogens (tertiary/aromatic N) is 3. The largest absolute Gasteiger partial charge is 0.444 e. The van der Waals surface area contributed by atoms with Crippen molar-refractivity contribution in [3.63, 3.8) is 0 Å². The molecule has 1 aromatic rings. The molecule has 0 fully saturated rings. The highest BCUT2D eigenvalue weighted by Gasteiger charge is 2.30. The summed E-state index contributed by atoms with van der Waals surface area (Å²) in [6, 6.07) is -0.694. The number of hydrogen-bond acceptors (Lipinski definition) is 4. The first-order chi connectivity index (χ1) is 9.62. The number of amides is 1. The molecule has 0 bridgehead atoms. The van der Waals surface area contributed by atoms with Gasteiger partial charge in [0.25, 0.3) is 0 Å². The van der Waals surface area contributed by atoms with Crippen LogP contribution in [0.5, 0.6) is 0 Å². The molecule has 1 rings (SSSR count). The van der Waals surface area contributed by atoms with E-state index >= 15 is 0 Å². The topological polar surface area (TPSA) is 64.4 Å². The third-order valence-electron chi connectivity index (χ3n) is 3.26. The number of likely N-dealkylation sites (N-methyl/N-ethyl adjacent to an activating group) is 1. The molecule has 21 heavy (non-hydrogen) atoms. The van der Waals surface area contributed by atoms with Crippen molar-refractivity contribution in [2.24, 2.45) is 0 Å². The molecule has 0 aliphatic rings. The predicted molar refractivity (Wildman–Crippen MR) is 80.2 cm³/mol. The van der Waals surface area contributed by atoms with Crippen LogP contribution in [0, 0.1) is 13.8 Å². The number of aryl methyl sites for hydroxylation is 2. The van der Waals surface area contributed by atoms with Gasteiger partial charge in [-0.15, -0.1) is 0 Å². The van der Waals surface area contributed by atoms with Crippen molar-refractivity contribution >= 4 is 12.4 Å². The van der Waals surface area contributed by atoms with E-state index in [1.54, 1.807) is 27.8 Å². The second-order valence-corrected chi connectivity index (χ2v) is 6.07. The molecule has 0 N–H and O–H groups in total. The third kappa shape index (κ3) is 3.83. The summed E-state index contributed by atoms with van der Waals surface area (Å²) >= 11 is 0. The standard InChI is InChI=1S/C15H25N3O3/c1-8-18-11(3)13(10(2)16-18)12(9-19)17(7)14(20)21-15(4,5)6/h9,12H,8H2,1-7H3. The van der Waals surface area contributed by atoms with Crippen molar-refractivity contribution in [1.82, 2.24) is 14.7 Å². The Labute approximate surface area is 126 Å². The number of ether oxygens (including phenoxy) is 1. The number of carbonyl (C=O) groups excluding carboxylic acids is 2. The number of carbonyl (C=O) groups is 2. The monoisotopic (exact) mass is 295 g/mol. The summed E-state index contributed by atoms with van der Waals surface area (Å²) in [5.74, 6) is 0. The van der Waals surface area contributed by atoms with E-state index in [0.29, 0.717) is 6.54 Å². The van der Waals surface area contributed by atoms with Gasteiger partial charge in [0.05, 0.1) is 5.69 Å². The normalized spacial score (nSPS) is 12.9. The summed E-state index contributed by atoms with van der Waals surface area (Å²) in [6.07, 6.45) is 0.226. The number of hydrogen-bond donors (Lipinski definition) is 0. The highest BCUT2D eigenvalue weighted by molar-refractivity contribution is 5.75. The SMILES string of the molecule is CCn1nc(C)c(C(C=O)N(C)C(=O)OC(C)(C)C)c1C. The summed E-state index contributed by atoms with van der Waals surface area (Å²) < 4.78 is 7.14.